The summed E-state index contributed by atoms with van der Waals surface area (Å²) in [6, 6.07) is 3.52. The monoisotopic (exact) mass is 299 g/mol. The van der Waals surface area contributed by atoms with Gasteiger partial charge in [-0.25, -0.2) is 8.78 Å². The third-order valence-electron chi connectivity index (χ3n) is 3.09. The zero-order valence-corrected chi connectivity index (χ0v) is 13.0. The molecule has 0 unspecified atom stereocenters. The minimum atomic E-state index is -0.561. The minimum absolute atomic E-state index is 0.302. The molecule has 0 aliphatic rings. The highest BCUT2D eigenvalue weighted by Gasteiger charge is 2.16. The summed E-state index contributed by atoms with van der Waals surface area (Å²) in [5.41, 5.74) is 0.302. The van der Waals surface area contributed by atoms with E-state index in [0.717, 1.165) is 6.07 Å². The Hall–Kier alpha value is -1.69. The van der Waals surface area contributed by atoms with E-state index in [1.807, 2.05) is 13.8 Å². The van der Waals surface area contributed by atoms with Gasteiger partial charge in [0.1, 0.15) is 11.6 Å². The van der Waals surface area contributed by atoms with Crippen LogP contribution in [0.25, 0.3) is 0 Å². The topological polar surface area (TPSA) is 45.7 Å². The third kappa shape index (κ3) is 6.53. The van der Waals surface area contributed by atoms with Crippen molar-refractivity contribution >= 4 is 5.96 Å². The molecule has 4 nitrogen and oxygen atoms in total. The number of aliphatic imine (C=N–C) groups is 1. The van der Waals surface area contributed by atoms with E-state index in [2.05, 4.69) is 15.6 Å². The van der Waals surface area contributed by atoms with E-state index in [-0.39, 0.29) is 5.60 Å². The van der Waals surface area contributed by atoms with Crippen molar-refractivity contribution in [3.63, 3.8) is 0 Å². The Morgan fingerprint density at radius 3 is 2.33 bits per heavy atom. The van der Waals surface area contributed by atoms with Gasteiger partial charge in [-0.15, -0.1) is 0 Å². The van der Waals surface area contributed by atoms with E-state index in [4.69, 9.17) is 4.74 Å². The highest BCUT2D eigenvalue weighted by molar-refractivity contribution is 5.79. The van der Waals surface area contributed by atoms with Gasteiger partial charge in [-0.3, -0.25) is 4.99 Å². The second kappa shape index (κ2) is 7.93. The molecule has 0 aliphatic carbocycles. The number of benzene rings is 1. The molecule has 0 heterocycles. The second-order valence-corrected chi connectivity index (χ2v) is 5.34. The Bertz CT molecular complexity index is 470. The van der Waals surface area contributed by atoms with Crippen LogP contribution in [0.4, 0.5) is 8.78 Å². The summed E-state index contributed by atoms with van der Waals surface area (Å²) >= 11 is 0. The number of guanidine groups is 1. The van der Waals surface area contributed by atoms with Crippen molar-refractivity contribution in [3.8, 4) is 0 Å². The molecule has 1 aromatic rings. The van der Waals surface area contributed by atoms with Gasteiger partial charge in [0, 0.05) is 33.3 Å². The molecule has 0 bridgehead atoms. The molecule has 1 rings (SSSR count). The third-order valence-corrected chi connectivity index (χ3v) is 3.09. The largest absolute Gasteiger partial charge is 0.377 e. The van der Waals surface area contributed by atoms with Gasteiger partial charge in [-0.05, 0) is 38.0 Å². The highest BCUT2D eigenvalue weighted by Crippen LogP contribution is 2.08. The van der Waals surface area contributed by atoms with Crippen molar-refractivity contribution < 1.29 is 13.5 Å². The SMILES string of the molecule is CN=C(NCCc1cc(F)cc(F)c1)NCC(C)(C)OC. The number of rotatable bonds is 6. The maximum Gasteiger partial charge on any atom is 0.191 e. The molecule has 118 valence electrons. The average molecular weight is 299 g/mol. The van der Waals surface area contributed by atoms with E-state index in [9.17, 15) is 8.78 Å². The normalized spacial score (nSPS) is 12.4. The molecule has 0 atom stereocenters. The standard InChI is InChI=1S/C15H23F2N3O/c1-15(2,21-4)10-20-14(18-3)19-6-5-11-7-12(16)9-13(17)8-11/h7-9H,5-6,10H2,1-4H3,(H2,18,19,20). The van der Waals surface area contributed by atoms with Crippen molar-refractivity contribution in [2.45, 2.75) is 25.9 Å². The van der Waals surface area contributed by atoms with Gasteiger partial charge < -0.3 is 15.4 Å². The molecule has 0 saturated heterocycles. The number of methoxy groups -OCH3 is 1. The summed E-state index contributed by atoms with van der Waals surface area (Å²) in [6.45, 7) is 5.04. The number of hydrogen-bond donors (Lipinski definition) is 2. The average Bonchev–Trinajstić information content (AvgIpc) is 2.41. The van der Waals surface area contributed by atoms with Gasteiger partial charge in [0.05, 0.1) is 5.60 Å². The molecule has 6 heteroatoms. The highest BCUT2D eigenvalue weighted by atomic mass is 19.1. The Labute approximate surface area is 124 Å². The van der Waals surface area contributed by atoms with Crippen LogP contribution in [0, 0.1) is 11.6 Å². The zero-order chi connectivity index (χ0) is 15.9. The summed E-state index contributed by atoms with van der Waals surface area (Å²) in [5.74, 6) is -0.499. The Kier molecular flexibility index (Phi) is 6.55. The van der Waals surface area contributed by atoms with Gasteiger partial charge in [0.15, 0.2) is 5.96 Å². The summed E-state index contributed by atoms with van der Waals surface area (Å²) in [5, 5.41) is 6.23. The summed E-state index contributed by atoms with van der Waals surface area (Å²) in [6.07, 6.45) is 0.503. The fourth-order valence-corrected chi connectivity index (χ4v) is 1.67. The molecule has 0 fully saturated rings. The minimum Gasteiger partial charge on any atom is -0.377 e. The zero-order valence-electron chi connectivity index (χ0n) is 13.0. The Morgan fingerprint density at radius 2 is 1.81 bits per heavy atom. The van der Waals surface area contributed by atoms with Crippen LogP contribution in [-0.2, 0) is 11.2 Å². The molecular formula is C15H23F2N3O. The predicted molar refractivity (Wildman–Crippen MR) is 80.5 cm³/mol. The number of ether oxygens (including phenoxy) is 1. The number of halogens is 2. The van der Waals surface area contributed by atoms with Crippen LogP contribution in [0.15, 0.2) is 23.2 Å². The van der Waals surface area contributed by atoms with Gasteiger partial charge in [-0.1, -0.05) is 0 Å². The first kappa shape index (κ1) is 17.4. The van der Waals surface area contributed by atoms with Crippen LogP contribution in [0.1, 0.15) is 19.4 Å². The van der Waals surface area contributed by atoms with E-state index in [1.54, 1.807) is 14.2 Å². The van der Waals surface area contributed by atoms with E-state index < -0.39 is 11.6 Å². The van der Waals surface area contributed by atoms with Crippen LogP contribution < -0.4 is 10.6 Å². The molecule has 0 spiro atoms. The molecule has 0 amide bonds. The predicted octanol–water partition coefficient (Wildman–Crippen LogP) is 2.10. The maximum atomic E-state index is 13.1. The number of nitrogens with one attached hydrogen (secondary N) is 2. The smallest absolute Gasteiger partial charge is 0.191 e. The molecule has 2 N–H and O–H groups in total. The second-order valence-electron chi connectivity index (χ2n) is 5.34. The van der Waals surface area contributed by atoms with Crippen molar-refractivity contribution in [1.82, 2.24) is 10.6 Å². The fourth-order valence-electron chi connectivity index (χ4n) is 1.67. The van der Waals surface area contributed by atoms with Gasteiger partial charge in [0.2, 0.25) is 0 Å². The molecule has 0 radical (unpaired) electrons. The molecule has 0 aliphatic heterocycles. The van der Waals surface area contributed by atoms with E-state index in [1.165, 1.54) is 12.1 Å². The summed E-state index contributed by atoms with van der Waals surface area (Å²) in [7, 11) is 3.31. The van der Waals surface area contributed by atoms with Crippen molar-refractivity contribution in [2.24, 2.45) is 4.99 Å². The summed E-state index contributed by atoms with van der Waals surface area (Å²) in [4.78, 5) is 4.08. The molecule has 0 saturated carbocycles. The van der Waals surface area contributed by atoms with Crippen LogP contribution in [0.2, 0.25) is 0 Å². The molecule has 1 aromatic carbocycles. The number of nitrogens with zero attached hydrogens (tertiary/aromatic N) is 1. The van der Waals surface area contributed by atoms with Crippen molar-refractivity contribution in [3.05, 3.63) is 35.4 Å². The first-order chi connectivity index (χ1) is 9.86. The van der Waals surface area contributed by atoms with Crippen LogP contribution in [0.5, 0.6) is 0 Å². The Morgan fingerprint density at radius 1 is 1.19 bits per heavy atom. The van der Waals surface area contributed by atoms with E-state index in [0.29, 0.717) is 31.0 Å². The van der Waals surface area contributed by atoms with Gasteiger partial charge in [0.25, 0.3) is 0 Å². The van der Waals surface area contributed by atoms with E-state index >= 15 is 0 Å². The first-order valence-corrected chi connectivity index (χ1v) is 6.81. The molecular weight excluding hydrogens is 276 g/mol. The number of hydrogen-bond acceptors (Lipinski definition) is 2. The lowest BCUT2D eigenvalue weighted by Crippen LogP contribution is -2.45. The lowest BCUT2D eigenvalue weighted by molar-refractivity contribution is 0.0268. The quantitative estimate of drug-likeness (QED) is 0.624. The molecule has 0 aromatic heterocycles. The van der Waals surface area contributed by atoms with Crippen LogP contribution in [0.3, 0.4) is 0 Å². The lowest BCUT2D eigenvalue weighted by atomic mass is 10.1. The Balaban J connectivity index is 2.42. The van der Waals surface area contributed by atoms with Crippen molar-refractivity contribution in [2.75, 3.05) is 27.2 Å². The van der Waals surface area contributed by atoms with Crippen molar-refractivity contribution in [1.29, 1.82) is 0 Å². The van der Waals surface area contributed by atoms with Gasteiger partial charge in [-0.2, -0.15) is 0 Å². The summed E-state index contributed by atoms with van der Waals surface area (Å²) < 4.78 is 31.4. The first-order valence-electron chi connectivity index (χ1n) is 6.81. The lowest BCUT2D eigenvalue weighted by Gasteiger charge is -2.24. The fraction of sp³-hybridized carbons (Fsp3) is 0.533. The molecule has 21 heavy (non-hydrogen) atoms. The van der Waals surface area contributed by atoms with Crippen LogP contribution >= 0.6 is 0 Å². The van der Waals surface area contributed by atoms with Crippen LogP contribution in [-0.4, -0.2) is 38.8 Å². The maximum absolute atomic E-state index is 13.1. The van der Waals surface area contributed by atoms with Gasteiger partial charge >= 0.3 is 0 Å².